The third kappa shape index (κ3) is 3.64. The predicted octanol–water partition coefficient (Wildman–Crippen LogP) is 5.47. The Hall–Kier alpha value is -3.49. The second-order valence-corrected chi connectivity index (χ2v) is 9.92. The third-order valence-electron chi connectivity index (χ3n) is 6.98. The van der Waals surface area contributed by atoms with Crippen LogP contribution in [0, 0.1) is 6.92 Å². The van der Waals surface area contributed by atoms with Gasteiger partial charge in [-0.1, -0.05) is 25.1 Å². The average Bonchev–Trinajstić information content (AvgIpc) is 3.21. The Morgan fingerprint density at radius 1 is 1.14 bits per heavy atom. The molecule has 9 heteroatoms. The van der Waals surface area contributed by atoms with Crippen molar-refractivity contribution in [2.45, 2.75) is 63.8 Å². The van der Waals surface area contributed by atoms with Crippen LogP contribution >= 0.6 is 0 Å². The van der Waals surface area contributed by atoms with Gasteiger partial charge in [0.25, 0.3) is 5.91 Å². The summed E-state index contributed by atoms with van der Waals surface area (Å²) in [6, 6.07) is 11.2. The van der Waals surface area contributed by atoms with Crippen molar-refractivity contribution >= 4 is 5.91 Å². The number of allylic oxidation sites excluding steroid dienone is 1. The number of fused-ring (bicyclic) bond motifs is 1. The molecule has 0 saturated heterocycles. The molecular weight excluding hydrogens is 455 g/mol. The number of alkyl halides is 3. The monoisotopic (exact) mass is 481 g/mol. The summed E-state index contributed by atoms with van der Waals surface area (Å²) in [5.41, 5.74) is 1.11. The first kappa shape index (κ1) is 23.3. The van der Waals surface area contributed by atoms with Crippen LogP contribution in [0.25, 0.3) is 11.1 Å². The van der Waals surface area contributed by atoms with Crippen molar-refractivity contribution < 1.29 is 18.0 Å². The number of nitrogens with zero attached hydrogens (tertiary/aromatic N) is 3. The molecule has 1 aromatic heterocycles. The lowest BCUT2D eigenvalue weighted by Gasteiger charge is -2.48. The Labute approximate surface area is 201 Å². The lowest BCUT2D eigenvalue weighted by atomic mass is 9.61. The van der Waals surface area contributed by atoms with E-state index in [1.165, 1.54) is 0 Å². The molecule has 1 aromatic carbocycles. The highest BCUT2D eigenvalue weighted by molar-refractivity contribution is 6.00. The Morgan fingerprint density at radius 2 is 1.89 bits per heavy atom. The number of aryl methyl sites for hydroxylation is 1. The Morgan fingerprint density at radius 3 is 2.57 bits per heavy atom. The van der Waals surface area contributed by atoms with Gasteiger partial charge in [-0.25, -0.2) is 0 Å². The van der Waals surface area contributed by atoms with Gasteiger partial charge in [-0.3, -0.25) is 9.78 Å². The fourth-order valence-electron chi connectivity index (χ4n) is 5.62. The van der Waals surface area contributed by atoms with Crippen molar-refractivity contribution in [3.05, 3.63) is 76.4 Å². The molecule has 4 heterocycles. The van der Waals surface area contributed by atoms with Crippen LogP contribution in [0.3, 0.4) is 0 Å². The maximum atomic E-state index is 14.2. The second-order valence-electron chi connectivity index (χ2n) is 9.92. The molecule has 0 saturated carbocycles. The van der Waals surface area contributed by atoms with Crippen LogP contribution in [-0.4, -0.2) is 28.8 Å². The van der Waals surface area contributed by atoms with E-state index in [0.717, 1.165) is 16.8 Å². The number of amides is 1. The minimum atomic E-state index is -4.71. The number of benzene rings is 1. The summed E-state index contributed by atoms with van der Waals surface area (Å²) in [5.74, 6) is -0.380. The van der Waals surface area contributed by atoms with Crippen molar-refractivity contribution in [2.24, 2.45) is 10.2 Å². The molecule has 0 spiro atoms. The highest BCUT2D eigenvalue weighted by Gasteiger charge is 2.57. The van der Waals surface area contributed by atoms with Crippen LogP contribution < -0.4 is 10.6 Å². The molecule has 2 atom stereocenters. The summed E-state index contributed by atoms with van der Waals surface area (Å²) in [6.45, 7) is 7.46. The molecule has 2 unspecified atom stereocenters. The van der Waals surface area contributed by atoms with Gasteiger partial charge in [-0.15, -0.1) is 5.11 Å². The van der Waals surface area contributed by atoms with Gasteiger partial charge in [0.1, 0.15) is 0 Å². The number of hydrogen-bond donors (Lipinski definition) is 2. The number of carbonyl (C=O) groups excluding carboxylic acids is 1. The van der Waals surface area contributed by atoms with Gasteiger partial charge in [0, 0.05) is 35.1 Å². The number of halogens is 3. The van der Waals surface area contributed by atoms with E-state index in [9.17, 15) is 18.0 Å². The fraction of sp³-hybridized carbons (Fsp3) is 0.385. The molecule has 6 nitrogen and oxygen atoms in total. The summed E-state index contributed by atoms with van der Waals surface area (Å²) < 4.78 is 42.6. The van der Waals surface area contributed by atoms with Crippen molar-refractivity contribution in [1.29, 1.82) is 0 Å². The lowest BCUT2D eigenvalue weighted by Crippen LogP contribution is -2.58. The quantitative estimate of drug-likeness (QED) is 0.610. The number of rotatable bonds is 3. The number of aromatic nitrogens is 1. The molecule has 1 amide bonds. The fourth-order valence-corrected chi connectivity index (χ4v) is 5.62. The van der Waals surface area contributed by atoms with E-state index in [4.69, 9.17) is 0 Å². The molecule has 2 aromatic rings. The summed E-state index contributed by atoms with van der Waals surface area (Å²) in [4.78, 5) is 17.8. The van der Waals surface area contributed by atoms with Gasteiger partial charge < -0.3 is 10.6 Å². The van der Waals surface area contributed by atoms with Crippen LogP contribution in [0.2, 0.25) is 0 Å². The number of nitrogens with one attached hydrogen (secondary N) is 2. The molecule has 182 valence electrons. The summed E-state index contributed by atoms with van der Waals surface area (Å²) >= 11 is 0. The summed E-state index contributed by atoms with van der Waals surface area (Å²) in [5, 5.41) is 13.7. The standard InChI is InChI=1S/C26H26F3N5O/c1-5-25(17-8-6-7-15(12-17)16-9-10-30-14(2)11-16)19-18(13-24(3,4)32-23(19)35)31-22-20(25)21(33-34-22)26(27,28)29/h6-12,22,31H,5,13H2,1-4H3,(H,32,35). The first-order valence-corrected chi connectivity index (χ1v) is 11.6. The number of hydrogen-bond acceptors (Lipinski definition) is 5. The predicted molar refractivity (Wildman–Crippen MR) is 125 cm³/mol. The van der Waals surface area contributed by atoms with E-state index in [0.29, 0.717) is 23.3 Å². The van der Waals surface area contributed by atoms with Crippen molar-refractivity contribution in [2.75, 3.05) is 0 Å². The Balaban J connectivity index is 1.82. The maximum absolute atomic E-state index is 14.2. The molecule has 0 bridgehead atoms. The normalized spacial score (nSPS) is 25.2. The van der Waals surface area contributed by atoms with Gasteiger partial charge in [0.2, 0.25) is 0 Å². The van der Waals surface area contributed by atoms with Crippen LogP contribution in [0.4, 0.5) is 13.2 Å². The Kier molecular flexibility index (Phi) is 5.16. The molecule has 3 aliphatic rings. The zero-order chi connectivity index (χ0) is 25.2. The molecule has 2 N–H and O–H groups in total. The highest BCUT2D eigenvalue weighted by Crippen LogP contribution is 2.55. The SMILES string of the molecule is CCC1(c2cccc(-c3ccnc(C)c3)c2)C2=C(CC(C)(C)NC2=O)NC2N=NC(C(F)(F)F)=C21. The van der Waals surface area contributed by atoms with Crippen molar-refractivity contribution in [3.63, 3.8) is 0 Å². The van der Waals surface area contributed by atoms with Crippen LogP contribution in [-0.2, 0) is 10.2 Å². The molecule has 35 heavy (non-hydrogen) atoms. The molecule has 0 fully saturated rings. The number of azo groups is 1. The van der Waals surface area contributed by atoms with Crippen molar-refractivity contribution in [3.8, 4) is 11.1 Å². The van der Waals surface area contributed by atoms with Crippen LogP contribution in [0.15, 0.2) is 75.4 Å². The maximum Gasteiger partial charge on any atom is 0.435 e. The van der Waals surface area contributed by atoms with Gasteiger partial charge in [0.15, 0.2) is 11.9 Å². The van der Waals surface area contributed by atoms with E-state index in [1.807, 2.05) is 58.0 Å². The van der Waals surface area contributed by atoms with Gasteiger partial charge in [0.05, 0.1) is 11.0 Å². The molecule has 5 rings (SSSR count). The van der Waals surface area contributed by atoms with Gasteiger partial charge in [-0.2, -0.15) is 18.3 Å². The number of carbonyl (C=O) groups is 1. The number of pyridine rings is 1. The summed E-state index contributed by atoms with van der Waals surface area (Å²) in [7, 11) is 0. The van der Waals surface area contributed by atoms with Gasteiger partial charge in [-0.05, 0) is 62.1 Å². The smallest absolute Gasteiger partial charge is 0.362 e. The largest absolute Gasteiger partial charge is 0.435 e. The van der Waals surface area contributed by atoms with Gasteiger partial charge >= 0.3 is 6.18 Å². The first-order chi connectivity index (χ1) is 16.5. The third-order valence-corrected chi connectivity index (χ3v) is 6.98. The minimum absolute atomic E-state index is 0.0239. The summed E-state index contributed by atoms with van der Waals surface area (Å²) in [6.07, 6.45) is -3.32. The van der Waals surface area contributed by atoms with Crippen LogP contribution in [0.5, 0.6) is 0 Å². The van der Waals surface area contributed by atoms with E-state index >= 15 is 0 Å². The second kappa shape index (κ2) is 7.76. The first-order valence-electron chi connectivity index (χ1n) is 11.6. The topological polar surface area (TPSA) is 78.7 Å². The van der Waals surface area contributed by atoms with E-state index in [1.54, 1.807) is 12.3 Å². The molecule has 3 aliphatic heterocycles. The molecular formula is C26H26F3N5O. The van der Waals surface area contributed by atoms with E-state index in [2.05, 4.69) is 25.8 Å². The van der Waals surface area contributed by atoms with E-state index in [-0.39, 0.29) is 17.9 Å². The highest BCUT2D eigenvalue weighted by atomic mass is 19.4. The zero-order valence-electron chi connectivity index (χ0n) is 19.9. The minimum Gasteiger partial charge on any atom is -0.362 e. The lowest BCUT2D eigenvalue weighted by molar-refractivity contribution is -0.120. The molecule has 0 radical (unpaired) electrons. The van der Waals surface area contributed by atoms with Crippen molar-refractivity contribution in [1.82, 2.24) is 15.6 Å². The Bertz CT molecular complexity index is 1320. The van der Waals surface area contributed by atoms with E-state index < -0.39 is 29.0 Å². The van der Waals surface area contributed by atoms with Crippen LogP contribution in [0.1, 0.15) is 44.9 Å². The zero-order valence-corrected chi connectivity index (χ0v) is 19.9. The average molecular weight is 482 g/mol. The molecule has 0 aliphatic carbocycles.